The van der Waals surface area contributed by atoms with Gasteiger partial charge in [0.15, 0.2) is 0 Å². The standard InChI is InChI=1S/C16H21ClN2/c1-3-10-19-11-8-14(9-12-19)18-13(2)15-6-4-5-7-16(15)17/h1,4-7,13-14,18H,8-12H2,2H3/t13-/m0/s1. The second-order valence-electron chi connectivity index (χ2n) is 5.16. The molecule has 0 unspecified atom stereocenters. The fourth-order valence-electron chi connectivity index (χ4n) is 2.66. The zero-order valence-electron chi connectivity index (χ0n) is 11.4. The number of piperidine rings is 1. The number of rotatable bonds is 4. The highest BCUT2D eigenvalue weighted by Gasteiger charge is 2.20. The molecule has 1 aliphatic heterocycles. The summed E-state index contributed by atoms with van der Waals surface area (Å²) in [4.78, 5) is 2.33. The Hall–Kier alpha value is -1.01. The van der Waals surface area contributed by atoms with Crippen LogP contribution >= 0.6 is 11.6 Å². The largest absolute Gasteiger partial charge is 0.307 e. The first kappa shape index (κ1) is 14.4. The van der Waals surface area contributed by atoms with Crippen molar-refractivity contribution in [1.82, 2.24) is 10.2 Å². The molecule has 1 N–H and O–H groups in total. The maximum atomic E-state index is 6.23. The van der Waals surface area contributed by atoms with E-state index in [-0.39, 0.29) is 6.04 Å². The van der Waals surface area contributed by atoms with Gasteiger partial charge in [-0.15, -0.1) is 6.42 Å². The van der Waals surface area contributed by atoms with Gasteiger partial charge in [-0.05, 0) is 31.4 Å². The molecule has 1 aromatic rings. The summed E-state index contributed by atoms with van der Waals surface area (Å²) >= 11 is 6.23. The van der Waals surface area contributed by atoms with E-state index in [4.69, 9.17) is 18.0 Å². The number of nitrogens with zero attached hydrogens (tertiary/aromatic N) is 1. The molecule has 3 heteroatoms. The highest BCUT2D eigenvalue weighted by molar-refractivity contribution is 6.31. The Bertz CT molecular complexity index is 444. The first-order chi connectivity index (χ1) is 9.20. The number of likely N-dealkylation sites (tertiary alicyclic amines) is 1. The van der Waals surface area contributed by atoms with Crippen molar-refractivity contribution in [2.75, 3.05) is 19.6 Å². The lowest BCUT2D eigenvalue weighted by atomic mass is 10.0. The van der Waals surface area contributed by atoms with Crippen molar-refractivity contribution >= 4 is 11.6 Å². The van der Waals surface area contributed by atoms with E-state index >= 15 is 0 Å². The molecule has 1 saturated heterocycles. The molecule has 1 heterocycles. The van der Waals surface area contributed by atoms with Crippen molar-refractivity contribution in [1.29, 1.82) is 0 Å². The lowest BCUT2D eigenvalue weighted by Crippen LogP contribution is -2.43. The van der Waals surface area contributed by atoms with E-state index in [1.165, 1.54) is 5.56 Å². The predicted octanol–water partition coefficient (Wildman–Crippen LogP) is 3.09. The Morgan fingerprint density at radius 1 is 1.42 bits per heavy atom. The predicted molar refractivity (Wildman–Crippen MR) is 81.3 cm³/mol. The highest BCUT2D eigenvalue weighted by Crippen LogP contribution is 2.23. The molecule has 19 heavy (non-hydrogen) atoms. The topological polar surface area (TPSA) is 15.3 Å². The van der Waals surface area contributed by atoms with Crippen molar-refractivity contribution < 1.29 is 0 Å². The SMILES string of the molecule is C#CCN1CCC(N[C@@H](C)c2ccccc2Cl)CC1. The summed E-state index contributed by atoms with van der Waals surface area (Å²) in [5.41, 5.74) is 1.18. The fourth-order valence-corrected chi connectivity index (χ4v) is 2.96. The molecule has 1 aliphatic rings. The molecule has 2 rings (SSSR count). The molecule has 1 aromatic carbocycles. The van der Waals surface area contributed by atoms with E-state index in [2.05, 4.69) is 29.1 Å². The molecule has 1 atom stereocenters. The van der Waals surface area contributed by atoms with Gasteiger partial charge in [0.25, 0.3) is 0 Å². The van der Waals surface area contributed by atoms with Crippen LogP contribution in [0.15, 0.2) is 24.3 Å². The minimum absolute atomic E-state index is 0.290. The summed E-state index contributed by atoms with van der Waals surface area (Å²) in [6, 6.07) is 8.89. The second-order valence-corrected chi connectivity index (χ2v) is 5.57. The molecule has 0 aromatic heterocycles. The summed E-state index contributed by atoms with van der Waals surface area (Å²) in [5.74, 6) is 2.71. The van der Waals surface area contributed by atoms with Crippen LogP contribution in [-0.2, 0) is 0 Å². The first-order valence-electron chi connectivity index (χ1n) is 6.87. The van der Waals surface area contributed by atoms with Crippen LogP contribution in [0, 0.1) is 12.3 Å². The number of halogens is 1. The molecule has 0 radical (unpaired) electrons. The minimum atomic E-state index is 0.290. The molecule has 0 saturated carbocycles. The van der Waals surface area contributed by atoms with E-state index in [9.17, 15) is 0 Å². The average Bonchev–Trinajstić information content (AvgIpc) is 2.42. The average molecular weight is 277 g/mol. The quantitative estimate of drug-likeness (QED) is 0.850. The summed E-state index contributed by atoms with van der Waals surface area (Å²) in [6.07, 6.45) is 7.64. The van der Waals surface area contributed by atoms with Crippen LogP contribution in [0.2, 0.25) is 5.02 Å². The number of hydrogen-bond donors (Lipinski definition) is 1. The van der Waals surface area contributed by atoms with Crippen LogP contribution in [0.25, 0.3) is 0 Å². The first-order valence-corrected chi connectivity index (χ1v) is 7.25. The Morgan fingerprint density at radius 2 is 2.11 bits per heavy atom. The third kappa shape index (κ3) is 3.98. The van der Waals surface area contributed by atoms with E-state index < -0.39 is 0 Å². The van der Waals surface area contributed by atoms with Crippen LogP contribution < -0.4 is 5.32 Å². The Balaban J connectivity index is 1.86. The van der Waals surface area contributed by atoms with E-state index in [1.807, 2.05) is 18.2 Å². The van der Waals surface area contributed by atoms with Gasteiger partial charge >= 0.3 is 0 Å². The van der Waals surface area contributed by atoms with Crippen molar-refractivity contribution in [2.45, 2.75) is 31.8 Å². The second kappa shape index (κ2) is 6.96. The third-order valence-electron chi connectivity index (χ3n) is 3.76. The zero-order valence-corrected chi connectivity index (χ0v) is 12.2. The number of nitrogens with one attached hydrogen (secondary N) is 1. The number of terminal acetylenes is 1. The minimum Gasteiger partial charge on any atom is -0.307 e. The van der Waals surface area contributed by atoms with Gasteiger partial charge in [0.1, 0.15) is 0 Å². The summed E-state index contributed by atoms with van der Waals surface area (Å²) < 4.78 is 0. The lowest BCUT2D eigenvalue weighted by Gasteiger charge is -2.33. The highest BCUT2D eigenvalue weighted by atomic mass is 35.5. The van der Waals surface area contributed by atoms with Crippen molar-refractivity contribution in [3.05, 3.63) is 34.9 Å². The smallest absolute Gasteiger partial charge is 0.0598 e. The van der Waals surface area contributed by atoms with Gasteiger partial charge in [0.2, 0.25) is 0 Å². The molecule has 2 nitrogen and oxygen atoms in total. The monoisotopic (exact) mass is 276 g/mol. The molecule has 102 valence electrons. The normalized spacial score (nSPS) is 19.0. The zero-order chi connectivity index (χ0) is 13.7. The maximum absolute atomic E-state index is 6.23. The Labute approximate surface area is 121 Å². The van der Waals surface area contributed by atoms with Gasteiger partial charge in [0.05, 0.1) is 6.54 Å². The van der Waals surface area contributed by atoms with Gasteiger partial charge in [0, 0.05) is 30.2 Å². The molecule has 0 spiro atoms. The maximum Gasteiger partial charge on any atom is 0.0598 e. The summed E-state index contributed by atoms with van der Waals surface area (Å²) in [7, 11) is 0. The van der Waals surface area contributed by atoms with Crippen molar-refractivity contribution in [3.8, 4) is 12.3 Å². The van der Waals surface area contributed by atoms with Gasteiger partial charge < -0.3 is 5.32 Å². The van der Waals surface area contributed by atoms with Crippen molar-refractivity contribution in [3.63, 3.8) is 0 Å². The molecule has 0 bridgehead atoms. The van der Waals surface area contributed by atoms with Crippen LogP contribution in [0.1, 0.15) is 31.4 Å². The van der Waals surface area contributed by atoms with Crippen LogP contribution in [0.3, 0.4) is 0 Å². The molecule has 0 aliphatic carbocycles. The van der Waals surface area contributed by atoms with Crippen LogP contribution in [-0.4, -0.2) is 30.6 Å². The fraction of sp³-hybridized carbons (Fsp3) is 0.500. The summed E-state index contributed by atoms with van der Waals surface area (Å²) in [5, 5.41) is 4.52. The van der Waals surface area contributed by atoms with Gasteiger partial charge in [-0.2, -0.15) is 0 Å². The molecular formula is C16H21ClN2. The molecule has 1 fully saturated rings. The van der Waals surface area contributed by atoms with Gasteiger partial charge in [-0.3, -0.25) is 4.90 Å². The Kier molecular flexibility index (Phi) is 5.27. The van der Waals surface area contributed by atoms with E-state index in [1.54, 1.807) is 0 Å². The van der Waals surface area contributed by atoms with Crippen LogP contribution in [0.4, 0.5) is 0 Å². The van der Waals surface area contributed by atoms with E-state index in [0.29, 0.717) is 6.04 Å². The van der Waals surface area contributed by atoms with Gasteiger partial charge in [-0.25, -0.2) is 0 Å². The number of benzene rings is 1. The van der Waals surface area contributed by atoms with Gasteiger partial charge in [-0.1, -0.05) is 35.7 Å². The number of hydrogen-bond acceptors (Lipinski definition) is 2. The molecular weight excluding hydrogens is 256 g/mol. The lowest BCUT2D eigenvalue weighted by molar-refractivity contribution is 0.211. The Morgan fingerprint density at radius 3 is 2.74 bits per heavy atom. The molecule has 0 amide bonds. The summed E-state index contributed by atoms with van der Waals surface area (Å²) in [6.45, 7) is 5.11. The van der Waals surface area contributed by atoms with E-state index in [0.717, 1.165) is 37.5 Å². The van der Waals surface area contributed by atoms with Crippen LogP contribution in [0.5, 0.6) is 0 Å². The third-order valence-corrected chi connectivity index (χ3v) is 4.10. The van der Waals surface area contributed by atoms with Crippen molar-refractivity contribution in [2.24, 2.45) is 0 Å².